The largest absolute Gasteiger partial charge is 0.468 e. The molecule has 0 fully saturated rings. The number of benzene rings is 1. The Labute approximate surface area is 120 Å². The molecule has 0 spiro atoms. The van der Waals surface area contributed by atoms with Crippen molar-refractivity contribution in [3.05, 3.63) is 29.8 Å². The number of hydrogen-bond acceptors (Lipinski definition) is 6. The third kappa shape index (κ3) is 2.72. The molecule has 1 aromatic carbocycles. The molecule has 21 heavy (non-hydrogen) atoms. The maximum absolute atomic E-state index is 12.2. The third-order valence-corrected chi connectivity index (χ3v) is 4.64. The summed E-state index contributed by atoms with van der Waals surface area (Å²) < 4.78 is 29.1. The van der Waals surface area contributed by atoms with Crippen molar-refractivity contribution < 1.29 is 27.5 Å². The molecule has 0 radical (unpaired) electrons. The molecule has 0 saturated carbocycles. The Morgan fingerprint density at radius 2 is 1.95 bits per heavy atom. The van der Waals surface area contributed by atoms with Crippen LogP contribution >= 0.6 is 0 Å². The van der Waals surface area contributed by atoms with Gasteiger partial charge in [0.05, 0.1) is 12.7 Å². The number of nitrogens with one attached hydrogen (secondary N) is 1. The lowest BCUT2D eigenvalue weighted by atomic mass is 10.2. The van der Waals surface area contributed by atoms with Crippen molar-refractivity contribution in [2.75, 3.05) is 20.2 Å². The van der Waals surface area contributed by atoms with Crippen LogP contribution in [0, 0.1) is 0 Å². The van der Waals surface area contributed by atoms with Crippen molar-refractivity contribution in [1.29, 1.82) is 0 Å². The molecule has 2 rings (SSSR count). The minimum Gasteiger partial charge on any atom is -0.468 e. The van der Waals surface area contributed by atoms with Crippen molar-refractivity contribution in [2.45, 2.75) is 4.90 Å². The third-order valence-electron chi connectivity index (χ3n) is 2.86. The summed E-state index contributed by atoms with van der Waals surface area (Å²) in [5, 5.41) is 2.17. The average molecular weight is 312 g/mol. The number of amides is 2. The normalized spacial score (nSPS) is 15.5. The van der Waals surface area contributed by atoms with E-state index in [-0.39, 0.29) is 10.5 Å². The highest BCUT2D eigenvalue weighted by Crippen LogP contribution is 2.29. The first-order valence-corrected chi connectivity index (χ1v) is 7.31. The number of methoxy groups -OCH3 is 1. The number of nitrogens with zero attached hydrogens (tertiary/aromatic N) is 1. The van der Waals surface area contributed by atoms with Crippen molar-refractivity contribution in [2.24, 2.45) is 0 Å². The van der Waals surface area contributed by atoms with Crippen LogP contribution in [0.1, 0.15) is 10.4 Å². The number of esters is 1. The molecule has 0 aromatic heterocycles. The maximum Gasteiger partial charge on any atom is 0.325 e. The zero-order valence-electron chi connectivity index (χ0n) is 11.0. The second-order valence-electron chi connectivity index (χ2n) is 4.17. The van der Waals surface area contributed by atoms with Crippen molar-refractivity contribution >= 4 is 27.8 Å². The van der Waals surface area contributed by atoms with Gasteiger partial charge in [-0.15, -0.1) is 0 Å². The predicted molar refractivity (Wildman–Crippen MR) is 69.7 cm³/mol. The van der Waals surface area contributed by atoms with Crippen LogP contribution in [0.4, 0.5) is 0 Å². The number of sulfonamides is 1. The van der Waals surface area contributed by atoms with Crippen LogP contribution in [0.3, 0.4) is 0 Å². The number of carbonyl (C=O) groups excluding carboxylic acids is 3. The fourth-order valence-electron chi connectivity index (χ4n) is 1.82. The first-order valence-electron chi connectivity index (χ1n) is 5.87. The van der Waals surface area contributed by atoms with Gasteiger partial charge in [-0.3, -0.25) is 14.4 Å². The molecule has 0 saturated heterocycles. The summed E-state index contributed by atoms with van der Waals surface area (Å²) in [6, 6.07) is 5.70. The van der Waals surface area contributed by atoms with Crippen LogP contribution in [0.15, 0.2) is 29.2 Å². The minimum absolute atomic E-state index is 0.0262. The summed E-state index contributed by atoms with van der Waals surface area (Å²) in [6.45, 7) is -1.09. The topological polar surface area (TPSA) is 110 Å². The zero-order chi connectivity index (χ0) is 15.6. The molecule has 1 heterocycles. The highest BCUT2D eigenvalue weighted by molar-refractivity contribution is 7.90. The number of ether oxygens (including phenoxy) is 1. The molecule has 1 aliphatic heterocycles. The first kappa shape index (κ1) is 15.0. The minimum atomic E-state index is -4.03. The first-order chi connectivity index (χ1) is 9.87. The predicted octanol–water partition coefficient (Wildman–Crippen LogP) is -0.880. The lowest BCUT2D eigenvalue weighted by molar-refractivity contribution is -0.141. The van der Waals surface area contributed by atoms with Gasteiger partial charge in [-0.05, 0) is 12.1 Å². The molecule has 1 N–H and O–H groups in total. The number of hydrogen-bond donors (Lipinski definition) is 1. The molecule has 0 atom stereocenters. The summed E-state index contributed by atoms with van der Waals surface area (Å²) in [5.74, 6) is -2.22. The fourth-order valence-corrected chi connectivity index (χ4v) is 3.34. The van der Waals surface area contributed by atoms with Crippen LogP contribution in [-0.4, -0.2) is 50.7 Å². The van der Waals surface area contributed by atoms with Gasteiger partial charge in [0.15, 0.2) is 0 Å². The zero-order valence-corrected chi connectivity index (χ0v) is 11.8. The molecular weight excluding hydrogens is 300 g/mol. The molecule has 1 aliphatic rings. The van der Waals surface area contributed by atoms with E-state index in [4.69, 9.17) is 0 Å². The lowest BCUT2D eigenvalue weighted by Gasteiger charge is -2.14. The molecule has 0 unspecified atom stereocenters. The van der Waals surface area contributed by atoms with Crippen LogP contribution in [0.25, 0.3) is 0 Å². The molecule has 9 heteroatoms. The molecule has 2 amide bonds. The number of fused-ring (bicyclic) bond motifs is 1. The van der Waals surface area contributed by atoms with Gasteiger partial charge in [-0.25, -0.2) is 12.7 Å². The fraction of sp³-hybridized carbons (Fsp3) is 0.250. The van der Waals surface area contributed by atoms with Gasteiger partial charge in [-0.2, -0.15) is 0 Å². The maximum atomic E-state index is 12.2. The van der Waals surface area contributed by atoms with Crippen molar-refractivity contribution in [1.82, 2.24) is 9.62 Å². The van der Waals surface area contributed by atoms with E-state index >= 15 is 0 Å². The van der Waals surface area contributed by atoms with Crippen molar-refractivity contribution in [3.63, 3.8) is 0 Å². The summed E-state index contributed by atoms with van der Waals surface area (Å²) in [4.78, 5) is 34.4. The smallest absolute Gasteiger partial charge is 0.325 e. The van der Waals surface area contributed by atoms with E-state index in [0.717, 1.165) is 7.11 Å². The number of rotatable bonds is 4. The molecule has 0 aliphatic carbocycles. The van der Waals surface area contributed by atoms with Crippen LogP contribution < -0.4 is 5.32 Å². The monoisotopic (exact) mass is 312 g/mol. The lowest BCUT2D eigenvalue weighted by Crippen LogP contribution is -2.42. The van der Waals surface area contributed by atoms with Gasteiger partial charge in [0.1, 0.15) is 18.0 Å². The van der Waals surface area contributed by atoms with Gasteiger partial charge in [0, 0.05) is 0 Å². The van der Waals surface area contributed by atoms with Crippen molar-refractivity contribution in [3.8, 4) is 0 Å². The Balaban J connectivity index is 2.14. The molecule has 0 bridgehead atoms. The highest BCUT2D eigenvalue weighted by atomic mass is 32.2. The van der Waals surface area contributed by atoms with Gasteiger partial charge in [-0.1, -0.05) is 12.1 Å². The molecule has 1 aromatic rings. The van der Waals surface area contributed by atoms with E-state index in [0.29, 0.717) is 4.31 Å². The van der Waals surface area contributed by atoms with Gasteiger partial charge in [0.2, 0.25) is 5.91 Å². The van der Waals surface area contributed by atoms with E-state index in [1.165, 1.54) is 24.3 Å². The summed E-state index contributed by atoms with van der Waals surface area (Å²) in [5.41, 5.74) is 0.0262. The van der Waals surface area contributed by atoms with Gasteiger partial charge >= 0.3 is 5.97 Å². The quantitative estimate of drug-likeness (QED) is 0.723. The van der Waals surface area contributed by atoms with E-state index in [9.17, 15) is 22.8 Å². The van der Waals surface area contributed by atoms with E-state index in [1.807, 2.05) is 0 Å². The molecule has 112 valence electrons. The standard InChI is InChI=1S/C12H12N2O6S/c1-20-11(16)6-13-10(15)7-14-12(17)8-4-2-3-5-9(8)21(14,18)19/h2-5H,6-7H2,1H3,(H,13,15). The van der Waals surface area contributed by atoms with E-state index < -0.39 is 40.9 Å². The van der Waals surface area contributed by atoms with E-state index in [1.54, 1.807) is 0 Å². The summed E-state index contributed by atoms with van der Waals surface area (Å²) in [6.07, 6.45) is 0. The average Bonchev–Trinajstić information content (AvgIpc) is 2.66. The molecular formula is C12H12N2O6S. The van der Waals surface area contributed by atoms with Crippen LogP contribution in [-0.2, 0) is 24.3 Å². The van der Waals surface area contributed by atoms with Gasteiger partial charge < -0.3 is 10.1 Å². The van der Waals surface area contributed by atoms with Crippen LogP contribution in [0.2, 0.25) is 0 Å². The summed E-state index contributed by atoms with van der Waals surface area (Å²) in [7, 11) is -2.88. The number of carbonyl (C=O) groups is 3. The Hall–Kier alpha value is -2.42. The Morgan fingerprint density at radius 3 is 2.57 bits per heavy atom. The molecule has 8 nitrogen and oxygen atoms in total. The second kappa shape index (κ2) is 5.52. The van der Waals surface area contributed by atoms with E-state index in [2.05, 4.69) is 10.1 Å². The summed E-state index contributed by atoms with van der Waals surface area (Å²) >= 11 is 0. The highest BCUT2D eigenvalue weighted by Gasteiger charge is 2.41. The van der Waals surface area contributed by atoms with Crippen LogP contribution in [0.5, 0.6) is 0 Å². The SMILES string of the molecule is COC(=O)CNC(=O)CN1C(=O)c2ccccc2S1(=O)=O. The Morgan fingerprint density at radius 1 is 1.29 bits per heavy atom. The van der Waals surface area contributed by atoms with Gasteiger partial charge in [0.25, 0.3) is 15.9 Å². The Kier molecular flexibility index (Phi) is 3.94. The second-order valence-corrected chi connectivity index (χ2v) is 6.00. The Bertz CT molecular complexity index is 712.